The molecule has 0 saturated carbocycles. The SMILES string of the molecule is CCN1CCN(C(CN)c2ccc(F)cc2F)CC1C. The van der Waals surface area contributed by atoms with E-state index in [9.17, 15) is 8.78 Å². The largest absolute Gasteiger partial charge is 0.329 e. The molecule has 2 rings (SSSR count). The maximum Gasteiger partial charge on any atom is 0.130 e. The van der Waals surface area contributed by atoms with Gasteiger partial charge in [0.15, 0.2) is 0 Å². The number of benzene rings is 1. The highest BCUT2D eigenvalue weighted by Crippen LogP contribution is 2.25. The third-order valence-electron chi connectivity index (χ3n) is 4.19. The lowest BCUT2D eigenvalue weighted by molar-refractivity contribution is 0.0596. The van der Waals surface area contributed by atoms with Gasteiger partial charge in [-0.3, -0.25) is 9.80 Å². The van der Waals surface area contributed by atoms with E-state index in [4.69, 9.17) is 5.73 Å². The van der Waals surface area contributed by atoms with Gasteiger partial charge in [0.1, 0.15) is 11.6 Å². The lowest BCUT2D eigenvalue weighted by atomic mass is 10.0. The van der Waals surface area contributed by atoms with E-state index in [0.29, 0.717) is 18.2 Å². The number of hydrogen-bond donors (Lipinski definition) is 1. The van der Waals surface area contributed by atoms with Gasteiger partial charge in [-0.1, -0.05) is 13.0 Å². The zero-order valence-corrected chi connectivity index (χ0v) is 12.1. The second-order valence-electron chi connectivity index (χ2n) is 5.39. The summed E-state index contributed by atoms with van der Waals surface area (Å²) in [5.41, 5.74) is 6.33. The van der Waals surface area contributed by atoms with Crippen molar-refractivity contribution in [3.8, 4) is 0 Å². The van der Waals surface area contributed by atoms with Crippen LogP contribution in [-0.2, 0) is 0 Å². The van der Waals surface area contributed by atoms with Crippen molar-refractivity contribution >= 4 is 0 Å². The van der Waals surface area contributed by atoms with E-state index in [-0.39, 0.29) is 6.04 Å². The molecule has 112 valence electrons. The fraction of sp³-hybridized carbons (Fsp3) is 0.600. The molecule has 0 spiro atoms. The Balaban J connectivity index is 2.16. The third kappa shape index (κ3) is 3.16. The molecule has 3 nitrogen and oxygen atoms in total. The second kappa shape index (κ2) is 6.61. The maximum absolute atomic E-state index is 13.9. The van der Waals surface area contributed by atoms with Crippen LogP contribution in [0.3, 0.4) is 0 Å². The first-order chi connectivity index (χ1) is 9.56. The lowest BCUT2D eigenvalue weighted by Crippen LogP contribution is -2.53. The van der Waals surface area contributed by atoms with Crippen molar-refractivity contribution < 1.29 is 8.78 Å². The monoisotopic (exact) mass is 283 g/mol. The van der Waals surface area contributed by atoms with Gasteiger partial charge in [0.25, 0.3) is 0 Å². The van der Waals surface area contributed by atoms with Crippen LogP contribution in [0, 0.1) is 11.6 Å². The first-order valence-corrected chi connectivity index (χ1v) is 7.20. The van der Waals surface area contributed by atoms with Crippen LogP contribution in [0.25, 0.3) is 0 Å². The Morgan fingerprint density at radius 1 is 1.35 bits per heavy atom. The molecule has 2 unspecified atom stereocenters. The number of halogens is 2. The normalized spacial score (nSPS) is 22.9. The van der Waals surface area contributed by atoms with Gasteiger partial charge in [-0.05, 0) is 19.5 Å². The van der Waals surface area contributed by atoms with E-state index in [2.05, 4.69) is 23.6 Å². The molecule has 0 amide bonds. The maximum atomic E-state index is 13.9. The summed E-state index contributed by atoms with van der Waals surface area (Å²) in [5.74, 6) is -1.06. The van der Waals surface area contributed by atoms with E-state index < -0.39 is 11.6 Å². The number of nitrogens with two attached hydrogens (primary N) is 1. The minimum atomic E-state index is -0.550. The van der Waals surface area contributed by atoms with Crippen LogP contribution in [0.2, 0.25) is 0 Å². The molecular formula is C15H23F2N3. The summed E-state index contributed by atoms with van der Waals surface area (Å²) >= 11 is 0. The van der Waals surface area contributed by atoms with Gasteiger partial charge in [-0.15, -0.1) is 0 Å². The van der Waals surface area contributed by atoms with Gasteiger partial charge >= 0.3 is 0 Å². The summed E-state index contributed by atoms with van der Waals surface area (Å²) in [6, 6.07) is 3.98. The van der Waals surface area contributed by atoms with E-state index in [1.54, 1.807) is 0 Å². The number of hydrogen-bond acceptors (Lipinski definition) is 3. The molecule has 5 heteroatoms. The first-order valence-electron chi connectivity index (χ1n) is 7.20. The molecule has 0 aliphatic carbocycles. The first kappa shape index (κ1) is 15.4. The standard InChI is InChI=1S/C15H23F2N3/c1-3-19-6-7-20(10-11(19)2)15(9-18)13-5-4-12(16)8-14(13)17/h4-5,8,11,15H,3,6-7,9-10,18H2,1-2H3. The minimum Gasteiger partial charge on any atom is -0.329 e. The predicted molar refractivity (Wildman–Crippen MR) is 76.4 cm³/mol. The molecule has 0 aromatic heterocycles. The van der Waals surface area contributed by atoms with E-state index in [0.717, 1.165) is 32.2 Å². The molecule has 1 aromatic carbocycles. The van der Waals surface area contributed by atoms with Gasteiger partial charge in [0.2, 0.25) is 0 Å². The summed E-state index contributed by atoms with van der Waals surface area (Å²) in [7, 11) is 0. The third-order valence-corrected chi connectivity index (χ3v) is 4.19. The molecule has 0 bridgehead atoms. The Bertz CT molecular complexity index is 453. The molecule has 1 aliphatic heterocycles. The molecule has 1 saturated heterocycles. The van der Waals surface area contributed by atoms with Crippen molar-refractivity contribution in [2.45, 2.75) is 25.9 Å². The average Bonchev–Trinajstić information content (AvgIpc) is 2.42. The Hall–Kier alpha value is -1.04. The summed E-state index contributed by atoms with van der Waals surface area (Å²) in [4.78, 5) is 4.60. The molecule has 1 aromatic rings. The molecule has 0 radical (unpaired) electrons. The fourth-order valence-electron chi connectivity index (χ4n) is 3.02. The van der Waals surface area contributed by atoms with E-state index in [1.165, 1.54) is 12.1 Å². The van der Waals surface area contributed by atoms with E-state index in [1.807, 2.05) is 0 Å². The molecule has 1 fully saturated rings. The highest BCUT2D eigenvalue weighted by Gasteiger charge is 2.29. The quantitative estimate of drug-likeness (QED) is 0.917. The molecular weight excluding hydrogens is 260 g/mol. The Morgan fingerprint density at radius 2 is 2.10 bits per heavy atom. The van der Waals surface area contributed by atoms with Crippen molar-refractivity contribution in [2.75, 3.05) is 32.7 Å². The number of likely N-dealkylation sites (N-methyl/N-ethyl adjacent to an activating group) is 1. The molecule has 1 aliphatic rings. The van der Waals surface area contributed by atoms with E-state index >= 15 is 0 Å². The van der Waals surface area contributed by atoms with Gasteiger partial charge in [-0.2, -0.15) is 0 Å². The Morgan fingerprint density at radius 3 is 2.65 bits per heavy atom. The van der Waals surface area contributed by atoms with Crippen molar-refractivity contribution in [3.05, 3.63) is 35.4 Å². The van der Waals surface area contributed by atoms with Crippen molar-refractivity contribution in [2.24, 2.45) is 5.73 Å². The fourth-order valence-corrected chi connectivity index (χ4v) is 3.02. The zero-order chi connectivity index (χ0) is 14.7. The number of piperazine rings is 1. The number of rotatable bonds is 4. The van der Waals surface area contributed by atoms with Gasteiger partial charge in [0.05, 0.1) is 6.04 Å². The molecule has 2 atom stereocenters. The van der Waals surface area contributed by atoms with Crippen molar-refractivity contribution in [3.63, 3.8) is 0 Å². The summed E-state index contributed by atoms with van der Waals surface area (Å²) in [6.45, 7) is 8.34. The highest BCUT2D eigenvalue weighted by atomic mass is 19.1. The Kier molecular flexibility index (Phi) is 5.07. The number of nitrogens with zero attached hydrogens (tertiary/aromatic N) is 2. The zero-order valence-electron chi connectivity index (χ0n) is 12.1. The van der Waals surface area contributed by atoms with Crippen LogP contribution in [0.4, 0.5) is 8.78 Å². The minimum absolute atomic E-state index is 0.183. The summed E-state index contributed by atoms with van der Waals surface area (Å²) in [5, 5.41) is 0. The average molecular weight is 283 g/mol. The van der Waals surface area contributed by atoms with Crippen LogP contribution in [0.15, 0.2) is 18.2 Å². The van der Waals surface area contributed by atoms with Gasteiger partial charge in [0, 0.05) is 43.9 Å². The lowest BCUT2D eigenvalue weighted by Gasteiger charge is -2.42. The van der Waals surface area contributed by atoms with Crippen LogP contribution in [-0.4, -0.2) is 48.6 Å². The van der Waals surface area contributed by atoms with Crippen molar-refractivity contribution in [1.29, 1.82) is 0 Å². The van der Waals surface area contributed by atoms with Crippen LogP contribution in [0.1, 0.15) is 25.5 Å². The second-order valence-corrected chi connectivity index (χ2v) is 5.39. The highest BCUT2D eigenvalue weighted by molar-refractivity contribution is 5.23. The van der Waals surface area contributed by atoms with Crippen LogP contribution < -0.4 is 5.73 Å². The summed E-state index contributed by atoms with van der Waals surface area (Å²) in [6.07, 6.45) is 0. The van der Waals surface area contributed by atoms with Crippen LogP contribution >= 0.6 is 0 Å². The summed E-state index contributed by atoms with van der Waals surface area (Å²) < 4.78 is 27.0. The molecule has 1 heterocycles. The van der Waals surface area contributed by atoms with Crippen LogP contribution in [0.5, 0.6) is 0 Å². The Labute approximate surface area is 119 Å². The molecule has 2 N–H and O–H groups in total. The smallest absolute Gasteiger partial charge is 0.130 e. The molecule has 20 heavy (non-hydrogen) atoms. The van der Waals surface area contributed by atoms with Gasteiger partial charge in [-0.25, -0.2) is 8.78 Å². The van der Waals surface area contributed by atoms with Crippen molar-refractivity contribution in [1.82, 2.24) is 9.80 Å². The van der Waals surface area contributed by atoms with Gasteiger partial charge < -0.3 is 5.73 Å². The topological polar surface area (TPSA) is 32.5 Å². The predicted octanol–water partition coefficient (Wildman–Crippen LogP) is 1.99.